The number of amides is 2. The van der Waals surface area contributed by atoms with E-state index in [1.807, 2.05) is 48.7 Å². The summed E-state index contributed by atoms with van der Waals surface area (Å²) in [5.41, 5.74) is 2.79. The molecule has 6 nitrogen and oxygen atoms in total. The minimum Gasteiger partial charge on any atom is -0.452 e. The molecule has 3 aromatic rings. The maximum atomic E-state index is 12.6. The molecule has 0 fully saturated rings. The number of esters is 1. The fourth-order valence-electron chi connectivity index (χ4n) is 2.68. The Morgan fingerprint density at radius 1 is 1.00 bits per heavy atom. The quantitative estimate of drug-likeness (QED) is 0.411. The van der Waals surface area contributed by atoms with Gasteiger partial charge in [-0.1, -0.05) is 48.0 Å². The van der Waals surface area contributed by atoms with Gasteiger partial charge < -0.3 is 15.4 Å². The number of rotatable bonds is 8. The molecular weight excluding hydrogens is 412 g/mol. The van der Waals surface area contributed by atoms with Gasteiger partial charge in [-0.15, -0.1) is 11.3 Å². The summed E-state index contributed by atoms with van der Waals surface area (Å²) in [5, 5.41) is 7.36. The number of hydrogen-bond acceptors (Lipinski definition) is 5. The summed E-state index contributed by atoms with van der Waals surface area (Å²) in [6, 6.07) is 18.3. The Morgan fingerprint density at radius 2 is 1.77 bits per heavy atom. The molecule has 0 saturated heterocycles. The molecule has 1 heterocycles. The van der Waals surface area contributed by atoms with Crippen LogP contribution in [0, 0.1) is 6.92 Å². The molecule has 0 bridgehead atoms. The highest BCUT2D eigenvalue weighted by Crippen LogP contribution is 2.15. The first-order valence-electron chi connectivity index (χ1n) is 9.62. The first-order chi connectivity index (χ1) is 15.0. The number of carbonyl (C=O) groups excluding carboxylic acids is 3. The van der Waals surface area contributed by atoms with Crippen LogP contribution in [0.5, 0.6) is 0 Å². The second-order valence-electron chi connectivity index (χ2n) is 6.72. The van der Waals surface area contributed by atoms with Gasteiger partial charge in [0.05, 0.1) is 11.3 Å². The molecule has 0 atom stereocenters. The second-order valence-corrected chi connectivity index (χ2v) is 7.70. The minimum atomic E-state index is -0.618. The van der Waals surface area contributed by atoms with Crippen LogP contribution in [0.4, 0.5) is 5.69 Å². The van der Waals surface area contributed by atoms with Gasteiger partial charge in [-0.05, 0) is 42.1 Å². The molecular formula is C24H22N2O4S. The SMILES string of the molecule is Cc1ccc(CNC(=O)c2ccccc2NC(=O)COC(=O)/C=C/c2cccs2)cc1. The van der Waals surface area contributed by atoms with Crippen molar-refractivity contribution >= 4 is 40.9 Å². The van der Waals surface area contributed by atoms with Crippen LogP contribution < -0.4 is 10.6 Å². The van der Waals surface area contributed by atoms with Crippen LogP contribution in [0.2, 0.25) is 0 Å². The lowest BCUT2D eigenvalue weighted by molar-refractivity contribution is -0.142. The lowest BCUT2D eigenvalue weighted by Gasteiger charge is -2.11. The Morgan fingerprint density at radius 3 is 2.52 bits per heavy atom. The van der Waals surface area contributed by atoms with Crippen LogP contribution in [0.25, 0.3) is 6.08 Å². The van der Waals surface area contributed by atoms with Crippen LogP contribution >= 0.6 is 11.3 Å². The van der Waals surface area contributed by atoms with E-state index in [0.717, 1.165) is 16.0 Å². The number of aryl methyl sites for hydroxylation is 1. The Hall–Kier alpha value is -3.71. The molecule has 3 rings (SSSR count). The van der Waals surface area contributed by atoms with Crippen molar-refractivity contribution in [3.8, 4) is 0 Å². The zero-order valence-electron chi connectivity index (χ0n) is 17.0. The van der Waals surface area contributed by atoms with Crippen molar-refractivity contribution in [1.82, 2.24) is 5.32 Å². The summed E-state index contributed by atoms with van der Waals surface area (Å²) < 4.78 is 4.96. The predicted octanol–water partition coefficient (Wildman–Crippen LogP) is 4.18. The molecule has 0 saturated carbocycles. The zero-order valence-corrected chi connectivity index (χ0v) is 17.8. The maximum absolute atomic E-state index is 12.6. The van der Waals surface area contributed by atoms with Crippen molar-refractivity contribution in [2.45, 2.75) is 13.5 Å². The number of ether oxygens (including phenoxy) is 1. The second kappa shape index (κ2) is 10.9. The van der Waals surface area contributed by atoms with Gasteiger partial charge in [0.2, 0.25) is 0 Å². The fraction of sp³-hybridized carbons (Fsp3) is 0.125. The standard InChI is InChI=1S/C24H22N2O4S/c1-17-8-10-18(11-9-17)15-25-24(29)20-6-2-3-7-21(20)26-22(27)16-30-23(28)13-12-19-5-4-14-31-19/h2-14H,15-16H2,1H3,(H,25,29)(H,26,27)/b13-12+. The third-order valence-electron chi connectivity index (χ3n) is 4.29. The molecule has 0 aliphatic heterocycles. The Labute approximate surface area is 184 Å². The van der Waals surface area contributed by atoms with E-state index >= 15 is 0 Å². The summed E-state index contributed by atoms with van der Waals surface area (Å²) in [4.78, 5) is 37.5. The number of para-hydroxylation sites is 1. The normalized spacial score (nSPS) is 10.6. The van der Waals surface area contributed by atoms with Crippen molar-refractivity contribution in [2.75, 3.05) is 11.9 Å². The van der Waals surface area contributed by atoms with Crippen LogP contribution in [0.1, 0.15) is 26.4 Å². The molecule has 2 aromatic carbocycles. The summed E-state index contributed by atoms with van der Waals surface area (Å²) >= 11 is 1.49. The Balaban J connectivity index is 1.53. The number of carbonyl (C=O) groups is 3. The molecule has 158 valence electrons. The number of thiophene rings is 1. The highest BCUT2D eigenvalue weighted by molar-refractivity contribution is 7.10. The topological polar surface area (TPSA) is 84.5 Å². The van der Waals surface area contributed by atoms with Crippen LogP contribution in [-0.2, 0) is 20.9 Å². The molecule has 0 aliphatic carbocycles. The van der Waals surface area contributed by atoms with E-state index in [1.54, 1.807) is 30.3 Å². The van der Waals surface area contributed by atoms with E-state index < -0.39 is 18.5 Å². The minimum absolute atomic E-state index is 0.313. The van der Waals surface area contributed by atoms with E-state index in [0.29, 0.717) is 17.8 Å². The van der Waals surface area contributed by atoms with Gasteiger partial charge in [0.1, 0.15) is 0 Å². The number of anilines is 1. The van der Waals surface area contributed by atoms with Crippen LogP contribution in [-0.4, -0.2) is 24.4 Å². The van der Waals surface area contributed by atoms with Gasteiger partial charge in [-0.3, -0.25) is 9.59 Å². The summed E-state index contributed by atoms with van der Waals surface area (Å²) in [6.45, 7) is 1.92. The van der Waals surface area contributed by atoms with E-state index in [-0.39, 0.29) is 5.91 Å². The van der Waals surface area contributed by atoms with Crippen molar-refractivity contribution in [3.05, 3.63) is 93.7 Å². The lowest BCUT2D eigenvalue weighted by atomic mass is 10.1. The average Bonchev–Trinajstić information content (AvgIpc) is 3.30. The first-order valence-corrected chi connectivity index (χ1v) is 10.5. The Kier molecular flexibility index (Phi) is 7.73. The molecule has 7 heteroatoms. The molecule has 0 radical (unpaired) electrons. The highest BCUT2D eigenvalue weighted by Gasteiger charge is 2.14. The largest absolute Gasteiger partial charge is 0.452 e. The molecule has 31 heavy (non-hydrogen) atoms. The highest BCUT2D eigenvalue weighted by atomic mass is 32.1. The van der Waals surface area contributed by atoms with Crippen molar-refractivity contribution in [3.63, 3.8) is 0 Å². The van der Waals surface area contributed by atoms with Crippen molar-refractivity contribution < 1.29 is 19.1 Å². The van der Waals surface area contributed by atoms with E-state index in [2.05, 4.69) is 10.6 Å². The smallest absolute Gasteiger partial charge is 0.331 e. The van der Waals surface area contributed by atoms with Gasteiger partial charge in [-0.25, -0.2) is 4.79 Å². The molecule has 1 aromatic heterocycles. The Bertz CT molecular complexity index is 1070. The van der Waals surface area contributed by atoms with Gasteiger partial charge >= 0.3 is 5.97 Å². The number of hydrogen-bond donors (Lipinski definition) is 2. The molecule has 2 amide bonds. The lowest BCUT2D eigenvalue weighted by Crippen LogP contribution is -2.26. The van der Waals surface area contributed by atoms with Crippen molar-refractivity contribution in [2.24, 2.45) is 0 Å². The maximum Gasteiger partial charge on any atom is 0.331 e. The molecule has 0 spiro atoms. The number of nitrogens with one attached hydrogen (secondary N) is 2. The molecule has 0 unspecified atom stereocenters. The van der Waals surface area contributed by atoms with E-state index in [1.165, 1.54) is 17.4 Å². The third kappa shape index (κ3) is 6.94. The first kappa shape index (κ1) is 22.0. The molecule has 2 N–H and O–H groups in total. The van der Waals surface area contributed by atoms with Gasteiger partial charge in [-0.2, -0.15) is 0 Å². The van der Waals surface area contributed by atoms with Gasteiger partial charge in [0.25, 0.3) is 11.8 Å². The van der Waals surface area contributed by atoms with Crippen LogP contribution in [0.3, 0.4) is 0 Å². The fourth-order valence-corrected chi connectivity index (χ4v) is 3.30. The molecule has 0 aliphatic rings. The van der Waals surface area contributed by atoms with E-state index in [4.69, 9.17) is 4.74 Å². The summed E-state index contributed by atoms with van der Waals surface area (Å²) in [5.74, 6) is -1.46. The monoisotopic (exact) mass is 434 g/mol. The zero-order chi connectivity index (χ0) is 22.1. The van der Waals surface area contributed by atoms with Gasteiger partial charge in [0, 0.05) is 17.5 Å². The van der Waals surface area contributed by atoms with Crippen molar-refractivity contribution in [1.29, 1.82) is 0 Å². The summed E-state index contributed by atoms with van der Waals surface area (Å²) in [7, 11) is 0. The summed E-state index contributed by atoms with van der Waals surface area (Å²) in [6.07, 6.45) is 2.89. The number of benzene rings is 2. The van der Waals surface area contributed by atoms with E-state index in [9.17, 15) is 14.4 Å². The third-order valence-corrected chi connectivity index (χ3v) is 5.13. The predicted molar refractivity (Wildman–Crippen MR) is 122 cm³/mol. The van der Waals surface area contributed by atoms with Crippen LogP contribution in [0.15, 0.2) is 72.1 Å². The van der Waals surface area contributed by atoms with Gasteiger partial charge in [0.15, 0.2) is 6.61 Å². The average molecular weight is 435 g/mol.